The molecule has 2 aromatic heterocycles. The van der Waals surface area contributed by atoms with E-state index in [0.717, 1.165) is 0 Å². The predicted molar refractivity (Wildman–Crippen MR) is 155 cm³/mol. The van der Waals surface area contributed by atoms with Gasteiger partial charge in [-0.2, -0.15) is 0 Å². The minimum absolute atomic E-state index is 0.0339. The van der Waals surface area contributed by atoms with Crippen LogP contribution < -0.4 is 15.4 Å². The molecule has 1 saturated heterocycles. The summed E-state index contributed by atoms with van der Waals surface area (Å²) in [6.45, 7) is 1.70. The highest BCUT2D eigenvalue weighted by molar-refractivity contribution is 6.30. The van der Waals surface area contributed by atoms with Crippen LogP contribution in [0.4, 0.5) is 9.18 Å². The first-order valence-corrected chi connectivity index (χ1v) is 13.9. The Bertz CT molecular complexity index is 1700. The van der Waals surface area contributed by atoms with Gasteiger partial charge in [0.05, 0.1) is 11.6 Å². The van der Waals surface area contributed by atoms with E-state index in [1.807, 2.05) is 0 Å². The topological polar surface area (TPSA) is 136 Å². The molecule has 222 valence electrons. The summed E-state index contributed by atoms with van der Waals surface area (Å²) < 4.78 is 21.3. The zero-order chi connectivity index (χ0) is 30.5. The van der Waals surface area contributed by atoms with Crippen LogP contribution in [0.25, 0.3) is 10.9 Å². The number of hydrogen-bond donors (Lipinski definition) is 2. The summed E-state index contributed by atoms with van der Waals surface area (Å²) in [6, 6.07) is 10.3. The van der Waals surface area contributed by atoms with Gasteiger partial charge in [-0.25, -0.2) is 19.2 Å². The van der Waals surface area contributed by atoms with Crippen molar-refractivity contribution in [3.05, 3.63) is 88.8 Å². The second kappa shape index (κ2) is 13.0. The van der Waals surface area contributed by atoms with E-state index in [9.17, 15) is 23.6 Å². The van der Waals surface area contributed by atoms with Gasteiger partial charge in [-0.3, -0.25) is 14.4 Å². The molecule has 1 aliphatic heterocycles. The highest BCUT2D eigenvalue weighted by atomic mass is 35.5. The van der Waals surface area contributed by atoms with Crippen molar-refractivity contribution in [1.29, 1.82) is 0 Å². The van der Waals surface area contributed by atoms with E-state index in [1.165, 1.54) is 24.0 Å². The van der Waals surface area contributed by atoms with Crippen LogP contribution in [0.15, 0.2) is 61.1 Å². The Morgan fingerprint density at radius 3 is 2.63 bits per heavy atom. The molecule has 0 bridgehead atoms. The van der Waals surface area contributed by atoms with Gasteiger partial charge in [0.25, 0.3) is 0 Å². The number of ether oxygens (including phenoxy) is 1. The zero-order valence-electron chi connectivity index (χ0n) is 23.2. The summed E-state index contributed by atoms with van der Waals surface area (Å²) in [5.74, 6) is -0.889. The number of aromatic nitrogens is 3. The van der Waals surface area contributed by atoms with Crippen molar-refractivity contribution in [2.75, 3.05) is 6.54 Å². The molecular weight excluding hydrogens is 579 g/mol. The summed E-state index contributed by atoms with van der Waals surface area (Å²) in [5, 5.41) is 5.75. The molecule has 2 aromatic carbocycles. The normalized spacial score (nSPS) is 14.5. The predicted octanol–water partition coefficient (Wildman–Crippen LogP) is 4.02. The van der Waals surface area contributed by atoms with Gasteiger partial charge in [-0.05, 0) is 50.1 Å². The number of nitrogens with one attached hydrogen (secondary N) is 2. The number of nitrogens with zero attached hydrogens (tertiary/aromatic N) is 4. The minimum Gasteiger partial charge on any atom is -0.410 e. The quantitative estimate of drug-likeness (QED) is 0.275. The van der Waals surface area contributed by atoms with E-state index in [0.29, 0.717) is 41.7 Å². The van der Waals surface area contributed by atoms with Gasteiger partial charge in [-0.15, -0.1) is 0 Å². The van der Waals surface area contributed by atoms with Crippen molar-refractivity contribution in [1.82, 2.24) is 30.1 Å². The number of hydrogen-bond acceptors (Lipinski definition) is 7. The molecule has 0 unspecified atom stereocenters. The fourth-order valence-corrected chi connectivity index (χ4v) is 5.22. The fourth-order valence-electron chi connectivity index (χ4n) is 5.03. The van der Waals surface area contributed by atoms with Gasteiger partial charge < -0.3 is 24.8 Å². The smallest absolute Gasteiger partial charge is 0.410 e. The Hall–Kier alpha value is -4.84. The summed E-state index contributed by atoms with van der Waals surface area (Å²) >= 11 is 5.83. The molecule has 1 fully saturated rings. The summed E-state index contributed by atoms with van der Waals surface area (Å²) in [7, 11) is 0. The van der Waals surface area contributed by atoms with E-state index < -0.39 is 18.0 Å². The number of benzene rings is 2. The molecule has 0 aliphatic carbocycles. The molecule has 5 rings (SSSR count). The Kier molecular flexibility index (Phi) is 8.96. The number of carbonyl (C=O) groups is 4. The van der Waals surface area contributed by atoms with Crippen molar-refractivity contribution < 1.29 is 28.3 Å². The summed E-state index contributed by atoms with van der Waals surface area (Å²) in [4.78, 5) is 60.7. The number of likely N-dealkylation sites (tertiary alicyclic amines) is 1. The van der Waals surface area contributed by atoms with E-state index in [1.54, 1.807) is 53.5 Å². The molecule has 0 radical (unpaired) electrons. The van der Waals surface area contributed by atoms with Crippen molar-refractivity contribution in [3.63, 3.8) is 0 Å². The van der Waals surface area contributed by atoms with Crippen LogP contribution in [-0.2, 0) is 29.2 Å². The first-order valence-electron chi connectivity index (χ1n) is 13.6. The maximum atomic E-state index is 14.2. The Labute approximate surface area is 251 Å². The standard InChI is InChI=1S/C30H28ClFN6O5/c1-18(39)22-16-37(24-9-8-20(13-21(22)24)43-30(42)36-15-26-33-10-4-11-34-26)17-27(40)38-12-3-7-25(38)29(41)35-14-19-5-2-6-23(31)28(19)32/h2,4-6,8-11,13,16,25H,3,7,12,14-15,17H2,1H3,(H,35,41)(H,36,42)/t25-/m0/s1. The largest absolute Gasteiger partial charge is 0.412 e. The van der Waals surface area contributed by atoms with Gasteiger partial charge in [0.15, 0.2) is 5.78 Å². The van der Waals surface area contributed by atoms with Crippen LogP contribution in [0.1, 0.15) is 41.5 Å². The van der Waals surface area contributed by atoms with Crippen LogP contribution in [0.2, 0.25) is 5.02 Å². The minimum atomic E-state index is -0.720. The van der Waals surface area contributed by atoms with Crippen LogP contribution in [0.5, 0.6) is 5.75 Å². The molecule has 1 atom stereocenters. The number of amides is 3. The van der Waals surface area contributed by atoms with Gasteiger partial charge >= 0.3 is 6.09 Å². The first-order chi connectivity index (χ1) is 20.7. The van der Waals surface area contributed by atoms with E-state index in [4.69, 9.17) is 16.3 Å². The molecular formula is C30H28ClFN6O5. The van der Waals surface area contributed by atoms with Crippen LogP contribution in [0.3, 0.4) is 0 Å². The molecule has 3 heterocycles. The number of Topliss-reactive ketones (excluding diaryl/α,β-unsaturated/α-hetero) is 1. The van der Waals surface area contributed by atoms with Gasteiger partial charge in [0.2, 0.25) is 11.8 Å². The van der Waals surface area contributed by atoms with Crippen molar-refractivity contribution >= 4 is 46.2 Å². The Morgan fingerprint density at radius 1 is 1.07 bits per heavy atom. The van der Waals surface area contributed by atoms with Crippen molar-refractivity contribution in [3.8, 4) is 5.75 Å². The molecule has 4 aromatic rings. The number of ketones is 1. The highest BCUT2D eigenvalue weighted by Crippen LogP contribution is 2.28. The lowest BCUT2D eigenvalue weighted by Crippen LogP contribution is -2.46. The SMILES string of the molecule is CC(=O)c1cn(CC(=O)N2CCC[C@H]2C(=O)NCc2cccc(Cl)c2F)c2ccc(OC(=O)NCc3ncccn3)cc12. The van der Waals surface area contributed by atoms with Gasteiger partial charge in [-0.1, -0.05) is 23.7 Å². The van der Waals surface area contributed by atoms with Crippen LogP contribution in [-0.4, -0.2) is 55.7 Å². The summed E-state index contributed by atoms with van der Waals surface area (Å²) in [5.41, 5.74) is 1.18. The molecule has 13 heteroatoms. The third kappa shape index (κ3) is 6.81. The van der Waals surface area contributed by atoms with Gasteiger partial charge in [0, 0.05) is 53.7 Å². The van der Waals surface area contributed by atoms with Crippen molar-refractivity contribution in [2.24, 2.45) is 0 Å². The van der Waals surface area contributed by atoms with E-state index in [-0.39, 0.29) is 53.6 Å². The third-order valence-electron chi connectivity index (χ3n) is 7.12. The number of rotatable bonds is 9. The average Bonchev–Trinajstić information content (AvgIpc) is 3.63. The molecule has 3 amide bonds. The third-order valence-corrected chi connectivity index (χ3v) is 7.41. The Morgan fingerprint density at radius 2 is 1.86 bits per heavy atom. The summed E-state index contributed by atoms with van der Waals surface area (Å²) in [6.07, 6.45) is 5.09. The maximum absolute atomic E-state index is 14.2. The van der Waals surface area contributed by atoms with E-state index in [2.05, 4.69) is 20.6 Å². The fraction of sp³-hybridized carbons (Fsp3) is 0.267. The number of carbonyl (C=O) groups excluding carboxylic acids is 4. The first kappa shape index (κ1) is 29.6. The van der Waals surface area contributed by atoms with E-state index >= 15 is 0 Å². The number of fused-ring (bicyclic) bond motifs is 1. The maximum Gasteiger partial charge on any atom is 0.412 e. The molecule has 0 saturated carbocycles. The number of halogens is 2. The molecule has 11 nitrogen and oxygen atoms in total. The second-order valence-electron chi connectivity index (χ2n) is 9.99. The average molecular weight is 607 g/mol. The Balaban J connectivity index is 1.26. The zero-order valence-corrected chi connectivity index (χ0v) is 23.9. The molecule has 2 N–H and O–H groups in total. The van der Waals surface area contributed by atoms with Crippen LogP contribution >= 0.6 is 11.6 Å². The highest BCUT2D eigenvalue weighted by Gasteiger charge is 2.34. The lowest BCUT2D eigenvalue weighted by Gasteiger charge is -2.24. The van der Waals surface area contributed by atoms with Gasteiger partial charge in [0.1, 0.15) is 30.0 Å². The molecule has 1 aliphatic rings. The monoisotopic (exact) mass is 606 g/mol. The lowest BCUT2D eigenvalue weighted by molar-refractivity contribution is -0.138. The lowest BCUT2D eigenvalue weighted by atomic mass is 10.1. The second-order valence-corrected chi connectivity index (χ2v) is 10.4. The molecule has 0 spiro atoms. The molecule has 43 heavy (non-hydrogen) atoms. The van der Waals surface area contributed by atoms with Crippen molar-refractivity contribution in [2.45, 2.75) is 45.4 Å². The van der Waals surface area contributed by atoms with Crippen LogP contribution in [0, 0.1) is 5.82 Å².